The van der Waals surface area contributed by atoms with E-state index in [1.807, 2.05) is 81.7 Å². The molecule has 5 N–H and O–H groups in total. The molecular weight excluding hydrogens is 921 g/mol. The third-order valence-electron chi connectivity index (χ3n) is 13.0. The lowest BCUT2D eigenvalue weighted by Gasteiger charge is -2.36. The highest BCUT2D eigenvalue weighted by molar-refractivity contribution is 7.13. The summed E-state index contributed by atoms with van der Waals surface area (Å²) in [5.74, 6) is -0.238. The summed E-state index contributed by atoms with van der Waals surface area (Å²) in [6, 6.07) is 19.4. The number of pyridine rings is 1. The normalized spacial score (nSPS) is 17.1. The first-order valence-corrected chi connectivity index (χ1v) is 24.9. The zero-order valence-corrected chi connectivity index (χ0v) is 42.1. The number of fused-ring (bicyclic) bond motifs is 1. The maximum absolute atomic E-state index is 14.1. The van der Waals surface area contributed by atoms with Crippen LogP contribution in [0.25, 0.3) is 27.3 Å². The average molecular weight is 985 g/mol. The summed E-state index contributed by atoms with van der Waals surface area (Å²) in [7, 11) is 0. The summed E-state index contributed by atoms with van der Waals surface area (Å²) in [5.41, 5.74) is 5.26. The van der Waals surface area contributed by atoms with Crippen LogP contribution in [0.4, 0.5) is 17.3 Å². The molecule has 2 saturated heterocycles. The minimum atomic E-state index is -1.19. The van der Waals surface area contributed by atoms with Crippen molar-refractivity contribution in [3.8, 4) is 16.3 Å². The van der Waals surface area contributed by atoms with Crippen LogP contribution in [-0.4, -0.2) is 124 Å². The van der Waals surface area contributed by atoms with Gasteiger partial charge in [0.05, 0.1) is 34.4 Å². The molecular formula is C52H64N12O6S. The van der Waals surface area contributed by atoms with Gasteiger partial charge in [0.2, 0.25) is 23.7 Å². The number of hydrogen-bond acceptors (Lipinski definition) is 14. The van der Waals surface area contributed by atoms with Crippen LogP contribution in [0.2, 0.25) is 0 Å². The molecule has 0 aliphatic carbocycles. The van der Waals surface area contributed by atoms with Crippen LogP contribution in [0.3, 0.4) is 0 Å². The molecule has 0 bridgehead atoms. The van der Waals surface area contributed by atoms with Crippen LogP contribution in [0.15, 0.2) is 95.9 Å². The lowest BCUT2D eigenvalue weighted by molar-refractivity contribution is -0.144. The number of carbonyl (C=O) groups excluding carboxylic acids is 3. The summed E-state index contributed by atoms with van der Waals surface area (Å²) in [5, 5.41) is 30.8. The minimum absolute atomic E-state index is 0.0134. The van der Waals surface area contributed by atoms with E-state index >= 15 is 0 Å². The Balaban J connectivity index is 0.810. The van der Waals surface area contributed by atoms with Crippen molar-refractivity contribution in [2.75, 3.05) is 49.5 Å². The van der Waals surface area contributed by atoms with Crippen LogP contribution < -0.4 is 26.4 Å². The maximum atomic E-state index is 14.1. The molecule has 3 amide bonds. The number of nitrogens with zero attached hydrogens (tertiary/aromatic N) is 9. The smallest absolute Gasteiger partial charge is 0.278 e. The fourth-order valence-corrected chi connectivity index (χ4v) is 9.89. The quantitative estimate of drug-likeness (QED) is 0.0737. The van der Waals surface area contributed by atoms with Crippen LogP contribution in [0, 0.1) is 12.3 Å². The number of aliphatic hydroxyl groups is 2. The molecule has 71 heavy (non-hydrogen) atoms. The fourth-order valence-electron chi connectivity index (χ4n) is 9.08. The standard InChI is InChI=1S/C52H64N12O6S/c1-8-22-63-48(68)39-30-54-50(59-46(39)64(63)42-12-9-11-41(57-42)52(6,7)70)56-36-18-20-37(21-19-36)61-26-24-60(25-27-61)23-10-13-43(66)58-45(51(3,4)5)49(69)62-31-38(65)28-40(62)47(67)53-29-34-14-16-35(17-15-34)44-33(2)55-32-71-44/h8-9,11-12,14-21,30,32,38,40,45,65,70H,1,10,13,22-29,31H2,2-7H3,(H,53,67)(H,58,66)(H,54,56,59)/t38?,40?,45-/m1/s1. The average Bonchev–Trinajstić information content (AvgIpc) is 4.04. The Kier molecular flexibility index (Phi) is 15.2. The monoisotopic (exact) mass is 984 g/mol. The SMILES string of the molecule is C=CCn1c(=O)c2cnc(Nc3ccc(N4CCN(CCCC(=O)N[C@H](C(=O)N5CC(O)CC5C(=O)NCc5ccc(-c6scnc6C)cc5)C(C)(C)C)CC4)cc3)nc2n1-c1cccc(C(C)(C)O)n1. The number of aromatic nitrogens is 6. The number of likely N-dealkylation sites (tertiary alicyclic amines) is 1. The molecule has 2 aliphatic rings. The summed E-state index contributed by atoms with van der Waals surface area (Å²) in [6.07, 6.45) is 3.25. The second-order valence-corrected chi connectivity index (χ2v) is 20.8. The summed E-state index contributed by atoms with van der Waals surface area (Å²) in [4.78, 5) is 79.9. The number of aryl methyl sites for hydroxylation is 1. The molecule has 2 aliphatic heterocycles. The van der Waals surface area contributed by atoms with E-state index in [2.05, 4.69) is 47.3 Å². The molecule has 2 aromatic carbocycles. The number of amides is 3. The van der Waals surface area contributed by atoms with E-state index < -0.39 is 29.2 Å². The van der Waals surface area contributed by atoms with Crippen molar-refractivity contribution >= 4 is 57.4 Å². The first-order chi connectivity index (χ1) is 33.9. The van der Waals surface area contributed by atoms with E-state index in [0.717, 1.165) is 65.8 Å². The Bertz CT molecular complexity index is 2930. The maximum Gasteiger partial charge on any atom is 0.278 e. The fraction of sp³-hybridized carbons (Fsp3) is 0.423. The van der Waals surface area contributed by atoms with Gasteiger partial charge in [0, 0.05) is 69.7 Å². The van der Waals surface area contributed by atoms with Crippen LogP contribution in [0.1, 0.15) is 70.8 Å². The molecule has 18 nitrogen and oxygen atoms in total. The van der Waals surface area contributed by atoms with E-state index in [-0.39, 0.29) is 55.8 Å². The Labute approximate surface area is 417 Å². The number of β-amino-alcohol motifs (C(OH)–C–C–N with tert-alkyl or cyclic N) is 1. The third kappa shape index (κ3) is 11.7. The largest absolute Gasteiger partial charge is 0.391 e. The Morgan fingerprint density at radius 1 is 0.958 bits per heavy atom. The number of nitrogens with one attached hydrogen (secondary N) is 3. The highest BCUT2D eigenvalue weighted by Crippen LogP contribution is 2.29. The molecule has 0 saturated carbocycles. The molecule has 6 aromatic rings. The van der Waals surface area contributed by atoms with Crippen molar-refractivity contribution in [3.05, 3.63) is 118 Å². The van der Waals surface area contributed by atoms with Crippen molar-refractivity contribution in [1.29, 1.82) is 0 Å². The number of rotatable bonds is 17. The number of thiazole rings is 1. The molecule has 374 valence electrons. The molecule has 3 atom stereocenters. The Morgan fingerprint density at radius 2 is 1.69 bits per heavy atom. The zero-order valence-electron chi connectivity index (χ0n) is 41.3. The molecule has 2 fully saturated rings. The van der Waals surface area contributed by atoms with Gasteiger partial charge in [0.15, 0.2) is 11.5 Å². The minimum Gasteiger partial charge on any atom is -0.391 e. The van der Waals surface area contributed by atoms with Crippen molar-refractivity contribution in [1.82, 2.24) is 49.7 Å². The number of piperazine rings is 1. The topological polar surface area (TPSA) is 216 Å². The summed E-state index contributed by atoms with van der Waals surface area (Å²) < 4.78 is 3.11. The second kappa shape index (κ2) is 21.3. The van der Waals surface area contributed by atoms with Crippen molar-refractivity contribution in [3.63, 3.8) is 0 Å². The van der Waals surface area contributed by atoms with Crippen LogP contribution in [-0.2, 0) is 33.1 Å². The number of benzene rings is 2. The molecule has 0 radical (unpaired) electrons. The van der Waals surface area contributed by atoms with Crippen molar-refractivity contribution in [2.45, 2.75) is 97.7 Å². The first-order valence-electron chi connectivity index (χ1n) is 24.1. The van der Waals surface area contributed by atoms with Gasteiger partial charge in [-0.25, -0.2) is 24.3 Å². The Hall–Kier alpha value is -6.80. The predicted octanol–water partition coefficient (Wildman–Crippen LogP) is 5.28. The van der Waals surface area contributed by atoms with Gasteiger partial charge >= 0.3 is 0 Å². The number of aliphatic hydroxyl groups excluding tert-OH is 1. The van der Waals surface area contributed by atoms with Gasteiger partial charge in [-0.3, -0.25) is 24.1 Å². The van der Waals surface area contributed by atoms with Crippen LogP contribution >= 0.6 is 11.3 Å². The first kappa shape index (κ1) is 50.6. The molecule has 8 rings (SSSR count). The van der Waals surface area contributed by atoms with Gasteiger partial charge in [-0.15, -0.1) is 17.9 Å². The number of hydrogen-bond donors (Lipinski definition) is 5. The molecule has 2 unspecified atom stereocenters. The lowest BCUT2D eigenvalue weighted by atomic mass is 9.85. The second-order valence-electron chi connectivity index (χ2n) is 19.9. The third-order valence-corrected chi connectivity index (χ3v) is 14.0. The number of allylic oxidation sites excluding steroid dienone is 1. The van der Waals surface area contributed by atoms with Gasteiger partial charge in [0.25, 0.3) is 5.56 Å². The summed E-state index contributed by atoms with van der Waals surface area (Å²) >= 11 is 1.58. The highest BCUT2D eigenvalue weighted by Gasteiger charge is 2.44. The van der Waals surface area contributed by atoms with E-state index in [4.69, 9.17) is 4.98 Å². The zero-order chi connectivity index (χ0) is 50.6. The van der Waals surface area contributed by atoms with E-state index in [9.17, 15) is 29.4 Å². The van der Waals surface area contributed by atoms with E-state index in [0.29, 0.717) is 34.9 Å². The number of anilines is 3. The summed E-state index contributed by atoms with van der Waals surface area (Å²) in [6.45, 7) is 19.2. The predicted molar refractivity (Wildman–Crippen MR) is 276 cm³/mol. The van der Waals surface area contributed by atoms with Gasteiger partial charge in [0.1, 0.15) is 23.1 Å². The van der Waals surface area contributed by atoms with Gasteiger partial charge in [-0.2, -0.15) is 4.98 Å². The highest BCUT2D eigenvalue weighted by atomic mass is 32.1. The van der Waals surface area contributed by atoms with E-state index in [1.54, 1.807) is 54.1 Å². The molecule has 19 heteroatoms. The Morgan fingerprint density at radius 3 is 2.35 bits per heavy atom. The van der Waals surface area contributed by atoms with Gasteiger partial charge < -0.3 is 36.0 Å². The molecule has 4 aromatic heterocycles. The van der Waals surface area contributed by atoms with Gasteiger partial charge in [-0.1, -0.05) is 57.2 Å². The van der Waals surface area contributed by atoms with Crippen molar-refractivity contribution in [2.24, 2.45) is 5.41 Å². The number of carbonyl (C=O) groups is 3. The van der Waals surface area contributed by atoms with Crippen molar-refractivity contribution < 1.29 is 24.6 Å². The van der Waals surface area contributed by atoms with Crippen LogP contribution in [0.5, 0.6) is 0 Å². The molecule has 6 heterocycles. The van der Waals surface area contributed by atoms with E-state index in [1.165, 1.54) is 15.8 Å². The lowest BCUT2D eigenvalue weighted by Crippen LogP contribution is -2.57. The van der Waals surface area contributed by atoms with Gasteiger partial charge in [-0.05, 0) is 86.7 Å². The molecule has 0 spiro atoms.